The van der Waals surface area contributed by atoms with E-state index in [4.69, 9.17) is 74.3 Å². The van der Waals surface area contributed by atoms with E-state index in [1.807, 2.05) is 0 Å². The van der Waals surface area contributed by atoms with Gasteiger partial charge < -0.3 is 4.74 Å². The molecule has 1 rings (SSSR count). The Bertz CT molecular complexity index is 421. The number of nitrogens with zero attached hydrogens (tertiary/aromatic N) is 3. The van der Waals surface area contributed by atoms with E-state index in [0.29, 0.717) is 0 Å². The number of ether oxygens (including phenoxy) is 1. The van der Waals surface area contributed by atoms with Crippen LogP contribution in [0.3, 0.4) is 0 Å². The minimum Gasteiger partial charge on any atom is -0.504 e. The molecule has 18 heavy (non-hydrogen) atoms. The number of methoxy groups -OCH3 is 1. The standard InChI is InChI=1S/C8H5Cl6N3O/c1-18-3-2-4-15-5(7(9,10)11)17-6(16-4)8(12,13)14/h2-3H,1H3. The van der Waals surface area contributed by atoms with E-state index < -0.39 is 7.59 Å². The summed E-state index contributed by atoms with van der Waals surface area (Å²) in [5.41, 5.74) is 0. The van der Waals surface area contributed by atoms with Crippen molar-refractivity contribution in [3.63, 3.8) is 0 Å². The van der Waals surface area contributed by atoms with Gasteiger partial charge in [-0.25, -0.2) is 15.0 Å². The second-order valence-corrected chi connectivity index (χ2v) is 7.44. The first kappa shape index (κ1) is 16.3. The zero-order chi connectivity index (χ0) is 14.0. The number of alkyl halides is 6. The predicted molar refractivity (Wildman–Crippen MR) is 74.3 cm³/mol. The van der Waals surface area contributed by atoms with Crippen molar-refractivity contribution < 1.29 is 4.74 Å². The molecule has 0 fully saturated rings. The van der Waals surface area contributed by atoms with Crippen molar-refractivity contribution in [3.8, 4) is 0 Å². The van der Waals surface area contributed by atoms with Gasteiger partial charge in [0, 0.05) is 6.08 Å². The van der Waals surface area contributed by atoms with E-state index in [9.17, 15) is 0 Å². The van der Waals surface area contributed by atoms with Gasteiger partial charge >= 0.3 is 0 Å². The largest absolute Gasteiger partial charge is 0.504 e. The summed E-state index contributed by atoms with van der Waals surface area (Å²) in [4.78, 5) is 11.6. The summed E-state index contributed by atoms with van der Waals surface area (Å²) in [6.07, 6.45) is 2.72. The molecule has 4 nitrogen and oxygen atoms in total. The molecule has 1 heterocycles. The van der Waals surface area contributed by atoms with Crippen molar-refractivity contribution in [2.75, 3.05) is 7.11 Å². The maximum Gasteiger partial charge on any atom is 0.250 e. The molecule has 0 aliphatic carbocycles. The van der Waals surface area contributed by atoms with Crippen molar-refractivity contribution in [3.05, 3.63) is 23.7 Å². The van der Waals surface area contributed by atoms with Crippen LogP contribution >= 0.6 is 69.6 Å². The van der Waals surface area contributed by atoms with Gasteiger partial charge in [-0.05, 0) is 0 Å². The maximum atomic E-state index is 5.68. The fraction of sp³-hybridized carbons (Fsp3) is 0.375. The third-order valence-electron chi connectivity index (χ3n) is 1.51. The minimum atomic E-state index is -1.86. The number of hydrogen-bond acceptors (Lipinski definition) is 4. The molecule has 0 radical (unpaired) electrons. The van der Waals surface area contributed by atoms with E-state index in [0.717, 1.165) is 0 Å². The Hall–Kier alpha value is 0.290. The highest BCUT2D eigenvalue weighted by Gasteiger charge is 2.33. The Labute approximate surface area is 133 Å². The molecule has 0 unspecified atom stereocenters. The molecule has 0 spiro atoms. The van der Waals surface area contributed by atoms with Crippen LogP contribution in [0.1, 0.15) is 17.5 Å². The number of rotatable bonds is 2. The van der Waals surface area contributed by atoms with Gasteiger partial charge in [0.1, 0.15) is 0 Å². The molecule has 0 saturated heterocycles. The predicted octanol–water partition coefficient (Wildman–Crippen LogP) is 4.14. The molecule has 0 aromatic carbocycles. The minimum absolute atomic E-state index is 0.134. The summed E-state index contributed by atoms with van der Waals surface area (Å²) in [6, 6.07) is 0. The molecule has 1 aromatic rings. The van der Waals surface area contributed by atoms with Crippen LogP contribution in [0.4, 0.5) is 0 Å². The lowest BCUT2D eigenvalue weighted by Gasteiger charge is -2.14. The molecule has 0 bridgehead atoms. The van der Waals surface area contributed by atoms with Gasteiger partial charge in [-0.15, -0.1) is 0 Å². The summed E-state index contributed by atoms with van der Waals surface area (Å²) in [5, 5.41) is 0. The first-order chi connectivity index (χ1) is 8.14. The third kappa shape index (κ3) is 4.76. The highest BCUT2D eigenvalue weighted by atomic mass is 35.6. The van der Waals surface area contributed by atoms with Crippen LogP contribution in [0.25, 0.3) is 6.08 Å². The normalized spacial score (nSPS) is 13.1. The molecule has 10 heteroatoms. The molecule has 0 N–H and O–H groups in total. The molecule has 0 amide bonds. The molecule has 1 aromatic heterocycles. The Morgan fingerprint density at radius 3 is 1.67 bits per heavy atom. The maximum absolute atomic E-state index is 5.68. The Morgan fingerprint density at radius 2 is 1.33 bits per heavy atom. The van der Waals surface area contributed by atoms with Crippen LogP contribution in [0.5, 0.6) is 0 Å². The van der Waals surface area contributed by atoms with E-state index in [1.54, 1.807) is 0 Å². The number of halogens is 6. The Balaban J connectivity index is 3.34. The molecule has 0 saturated carbocycles. The van der Waals surface area contributed by atoms with E-state index >= 15 is 0 Å². The summed E-state index contributed by atoms with van der Waals surface area (Å²) < 4.78 is 1.00. The molecule has 0 atom stereocenters. The quantitative estimate of drug-likeness (QED) is 0.579. The lowest BCUT2D eigenvalue weighted by molar-refractivity contribution is 0.341. The summed E-state index contributed by atoms with van der Waals surface area (Å²) >= 11 is 34.1. The zero-order valence-corrected chi connectivity index (χ0v) is 13.2. The highest BCUT2D eigenvalue weighted by molar-refractivity contribution is 6.67. The molecular weight excluding hydrogens is 367 g/mol. The van der Waals surface area contributed by atoms with Crippen LogP contribution in [0.15, 0.2) is 6.26 Å². The molecule has 100 valence electrons. The average molecular weight is 372 g/mol. The van der Waals surface area contributed by atoms with Gasteiger partial charge in [-0.1, -0.05) is 69.6 Å². The summed E-state index contributed by atoms with van der Waals surface area (Å²) in [7, 11) is 1.45. The topological polar surface area (TPSA) is 47.9 Å². The van der Waals surface area contributed by atoms with Gasteiger partial charge in [-0.2, -0.15) is 0 Å². The highest BCUT2D eigenvalue weighted by Crippen LogP contribution is 2.39. The molecular formula is C8H5Cl6N3O. The second-order valence-electron chi connectivity index (χ2n) is 2.87. The molecule has 0 aliphatic heterocycles. The number of hydrogen-bond donors (Lipinski definition) is 0. The Morgan fingerprint density at radius 1 is 0.889 bits per heavy atom. The van der Waals surface area contributed by atoms with Crippen molar-refractivity contribution >= 4 is 75.7 Å². The summed E-state index contributed by atoms with van der Waals surface area (Å²) in [5.74, 6) is -0.173. The van der Waals surface area contributed by atoms with E-state index in [-0.39, 0.29) is 17.5 Å². The van der Waals surface area contributed by atoms with Gasteiger partial charge in [0.2, 0.25) is 7.59 Å². The van der Waals surface area contributed by atoms with Crippen LogP contribution < -0.4 is 0 Å². The fourth-order valence-corrected chi connectivity index (χ4v) is 1.36. The number of aromatic nitrogens is 3. The van der Waals surface area contributed by atoms with Gasteiger partial charge in [0.05, 0.1) is 13.4 Å². The van der Waals surface area contributed by atoms with Crippen LogP contribution in [-0.4, -0.2) is 22.1 Å². The van der Waals surface area contributed by atoms with Crippen LogP contribution in [-0.2, 0) is 12.3 Å². The SMILES string of the molecule is COC=Cc1nc(C(Cl)(Cl)Cl)nc(C(Cl)(Cl)Cl)n1. The van der Waals surface area contributed by atoms with E-state index in [2.05, 4.69) is 15.0 Å². The Kier molecular flexibility index (Phi) is 5.59. The first-order valence-corrected chi connectivity index (χ1v) is 6.51. The molecule has 0 aliphatic rings. The zero-order valence-electron chi connectivity index (χ0n) is 8.67. The van der Waals surface area contributed by atoms with Gasteiger partial charge in [0.15, 0.2) is 17.5 Å². The first-order valence-electron chi connectivity index (χ1n) is 4.24. The van der Waals surface area contributed by atoms with Gasteiger partial charge in [-0.3, -0.25) is 0 Å². The van der Waals surface area contributed by atoms with Crippen molar-refractivity contribution in [1.29, 1.82) is 0 Å². The van der Waals surface area contributed by atoms with Crippen molar-refractivity contribution in [1.82, 2.24) is 15.0 Å². The lowest BCUT2D eigenvalue weighted by Crippen LogP contribution is -2.17. The second kappa shape index (κ2) is 6.16. The average Bonchev–Trinajstić information content (AvgIpc) is 2.23. The van der Waals surface area contributed by atoms with E-state index in [1.165, 1.54) is 19.4 Å². The van der Waals surface area contributed by atoms with Crippen molar-refractivity contribution in [2.45, 2.75) is 7.59 Å². The van der Waals surface area contributed by atoms with Crippen LogP contribution in [0.2, 0.25) is 0 Å². The fourth-order valence-electron chi connectivity index (χ4n) is 0.849. The monoisotopic (exact) mass is 369 g/mol. The lowest BCUT2D eigenvalue weighted by atomic mass is 10.5. The van der Waals surface area contributed by atoms with Crippen LogP contribution in [0, 0.1) is 0 Å². The summed E-state index contributed by atoms with van der Waals surface area (Å²) in [6.45, 7) is 0. The van der Waals surface area contributed by atoms with Gasteiger partial charge in [0.25, 0.3) is 0 Å². The smallest absolute Gasteiger partial charge is 0.250 e. The third-order valence-corrected chi connectivity index (χ3v) is 2.53. The van der Waals surface area contributed by atoms with Crippen molar-refractivity contribution in [2.24, 2.45) is 0 Å².